The largest absolute Gasteiger partial charge is 0.497 e. The van der Waals surface area contributed by atoms with Crippen molar-refractivity contribution in [3.8, 4) is 5.75 Å². The molecule has 0 aliphatic heterocycles. The summed E-state index contributed by atoms with van der Waals surface area (Å²) in [5.74, 6) is 1.61. The molecule has 0 radical (unpaired) electrons. The molecule has 1 aliphatic rings. The van der Waals surface area contributed by atoms with Gasteiger partial charge in [-0.25, -0.2) is 0 Å². The zero-order valence-electron chi connectivity index (χ0n) is 14.9. The molecule has 0 bridgehead atoms. The topological polar surface area (TPSA) is 35.5 Å². The van der Waals surface area contributed by atoms with Crippen molar-refractivity contribution >= 4 is 6.29 Å². The summed E-state index contributed by atoms with van der Waals surface area (Å²) in [5, 5.41) is 0. The van der Waals surface area contributed by atoms with E-state index < -0.39 is 0 Å². The van der Waals surface area contributed by atoms with Gasteiger partial charge < -0.3 is 14.3 Å². The predicted octanol–water partition coefficient (Wildman–Crippen LogP) is 4.94. The molecule has 0 saturated heterocycles. The maximum Gasteiger partial charge on any atom is 0.123 e. The zero-order valence-corrected chi connectivity index (χ0v) is 14.9. The lowest BCUT2D eigenvalue weighted by molar-refractivity contribution is -0.111. The number of ether oxygens (including phenoxy) is 2. The summed E-state index contributed by atoms with van der Waals surface area (Å²) in [6, 6.07) is 8.01. The zero-order chi connectivity index (χ0) is 17.2. The monoisotopic (exact) mass is 330 g/mol. The second-order valence-electron chi connectivity index (χ2n) is 6.72. The minimum Gasteiger partial charge on any atom is -0.497 e. The van der Waals surface area contributed by atoms with Gasteiger partial charge >= 0.3 is 0 Å². The predicted molar refractivity (Wildman–Crippen MR) is 97.1 cm³/mol. The summed E-state index contributed by atoms with van der Waals surface area (Å²) in [4.78, 5) is 11.0. The van der Waals surface area contributed by atoms with Crippen LogP contribution in [-0.4, -0.2) is 19.5 Å². The molecular weight excluding hydrogens is 300 g/mol. The third kappa shape index (κ3) is 6.12. The number of unbranched alkanes of at least 4 members (excludes halogenated alkanes) is 1. The number of hydrogen-bond donors (Lipinski definition) is 0. The van der Waals surface area contributed by atoms with Gasteiger partial charge in [0.25, 0.3) is 0 Å². The number of aldehydes is 1. The van der Waals surface area contributed by atoms with Crippen molar-refractivity contribution in [3.63, 3.8) is 0 Å². The number of carbonyl (C=O) groups excluding carboxylic acids is 1. The number of rotatable bonds is 10. The maximum absolute atomic E-state index is 11.0. The molecule has 3 nitrogen and oxygen atoms in total. The fourth-order valence-electron chi connectivity index (χ4n) is 3.26. The van der Waals surface area contributed by atoms with E-state index in [9.17, 15) is 4.79 Å². The van der Waals surface area contributed by atoms with Gasteiger partial charge in [0, 0.05) is 5.92 Å². The molecule has 1 aromatic rings. The Morgan fingerprint density at radius 1 is 1.21 bits per heavy atom. The van der Waals surface area contributed by atoms with Crippen molar-refractivity contribution < 1.29 is 14.3 Å². The number of hydrogen-bond acceptors (Lipinski definition) is 3. The fraction of sp³-hybridized carbons (Fsp3) is 0.571. The maximum atomic E-state index is 11.0. The van der Waals surface area contributed by atoms with Gasteiger partial charge in [-0.3, -0.25) is 0 Å². The van der Waals surface area contributed by atoms with E-state index in [0.29, 0.717) is 12.5 Å². The van der Waals surface area contributed by atoms with Gasteiger partial charge in [-0.05, 0) is 62.6 Å². The van der Waals surface area contributed by atoms with E-state index >= 15 is 0 Å². The standard InChI is InChI=1S/C21H30O3/c1-17(24-16-18-11-13-21(23-2)14-12-18)7-4-3-5-8-19-9-6-10-20(19)15-22/h5,8,11-15,17,19-20H,3-4,6-7,9-10,16H2,1-2H3/b8-5+/t17-,19+,20-/m0/s1. The molecule has 1 aliphatic carbocycles. The normalized spacial score (nSPS) is 21.9. The van der Waals surface area contributed by atoms with E-state index in [2.05, 4.69) is 19.1 Å². The van der Waals surface area contributed by atoms with Crippen LogP contribution in [0.2, 0.25) is 0 Å². The second kappa shape index (κ2) is 10.3. The highest BCUT2D eigenvalue weighted by atomic mass is 16.5. The lowest BCUT2D eigenvalue weighted by Crippen LogP contribution is -2.08. The van der Waals surface area contributed by atoms with Crippen molar-refractivity contribution in [2.24, 2.45) is 11.8 Å². The number of carbonyl (C=O) groups is 1. The molecule has 0 unspecified atom stereocenters. The number of methoxy groups -OCH3 is 1. The minimum absolute atomic E-state index is 0.257. The molecule has 0 heterocycles. The molecule has 24 heavy (non-hydrogen) atoms. The van der Waals surface area contributed by atoms with E-state index in [1.54, 1.807) is 7.11 Å². The van der Waals surface area contributed by atoms with E-state index in [4.69, 9.17) is 9.47 Å². The van der Waals surface area contributed by atoms with E-state index in [-0.39, 0.29) is 12.0 Å². The first-order chi connectivity index (χ1) is 11.7. The molecule has 2 rings (SSSR count). The lowest BCUT2D eigenvalue weighted by Gasteiger charge is -2.13. The molecule has 3 atom stereocenters. The first-order valence-electron chi connectivity index (χ1n) is 9.09. The first kappa shape index (κ1) is 18.7. The van der Waals surface area contributed by atoms with Crippen LogP contribution < -0.4 is 4.74 Å². The molecule has 1 saturated carbocycles. The quantitative estimate of drug-likeness (QED) is 0.346. The number of allylic oxidation sites excluding steroid dienone is 2. The Labute approximate surface area is 146 Å². The summed E-state index contributed by atoms with van der Waals surface area (Å²) < 4.78 is 11.1. The highest BCUT2D eigenvalue weighted by Gasteiger charge is 2.23. The Balaban J connectivity index is 1.59. The van der Waals surface area contributed by atoms with Crippen LogP contribution in [0.5, 0.6) is 5.75 Å². The summed E-state index contributed by atoms with van der Waals surface area (Å²) in [6.45, 7) is 2.77. The molecular formula is C21H30O3. The van der Waals surface area contributed by atoms with Gasteiger partial charge in [0.1, 0.15) is 12.0 Å². The van der Waals surface area contributed by atoms with Crippen LogP contribution in [0, 0.1) is 11.8 Å². The molecule has 1 aromatic carbocycles. The van der Waals surface area contributed by atoms with Gasteiger partial charge in [-0.1, -0.05) is 30.7 Å². The van der Waals surface area contributed by atoms with Crippen molar-refractivity contribution in [2.75, 3.05) is 7.11 Å². The summed E-state index contributed by atoms with van der Waals surface area (Å²) in [6.07, 6.45) is 12.6. The summed E-state index contributed by atoms with van der Waals surface area (Å²) >= 11 is 0. The van der Waals surface area contributed by atoms with Crippen LogP contribution in [0.15, 0.2) is 36.4 Å². The van der Waals surface area contributed by atoms with Crippen molar-refractivity contribution in [2.45, 2.75) is 58.2 Å². The lowest BCUT2D eigenvalue weighted by atomic mass is 9.96. The van der Waals surface area contributed by atoms with Gasteiger partial charge in [-0.15, -0.1) is 0 Å². The van der Waals surface area contributed by atoms with Gasteiger partial charge in [0.05, 0.1) is 19.8 Å². The average Bonchev–Trinajstić information content (AvgIpc) is 3.07. The van der Waals surface area contributed by atoms with E-state index in [1.165, 1.54) is 18.4 Å². The third-order valence-electron chi connectivity index (χ3n) is 4.86. The molecule has 0 aromatic heterocycles. The Hall–Kier alpha value is -1.61. The SMILES string of the molecule is COc1ccc(CO[C@@H](C)CCC/C=C/[C@@H]2CCC[C@H]2C=O)cc1. The summed E-state index contributed by atoms with van der Waals surface area (Å²) in [7, 11) is 1.67. The van der Waals surface area contributed by atoms with Crippen molar-refractivity contribution in [1.82, 2.24) is 0 Å². The Morgan fingerprint density at radius 2 is 1.96 bits per heavy atom. The smallest absolute Gasteiger partial charge is 0.123 e. The highest BCUT2D eigenvalue weighted by molar-refractivity contribution is 5.55. The minimum atomic E-state index is 0.257. The van der Waals surface area contributed by atoms with Gasteiger partial charge in [0.2, 0.25) is 0 Å². The molecule has 3 heteroatoms. The van der Waals surface area contributed by atoms with E-state index in [1.807, 2.05) is 24.3 Å². The molecule has 0 N–H and O–H groups in total. The van der Waals surface area contributed by atoms with Crippen LogP contribution in [0.1, 0.15) is 51.0 Å². The van der Waals surface area contributed by atoms with Crippen LogP contribution in [0.25, 0.3) is 0 Å². The Kier molecular flexibility index (Phi) is 8.03. The molecule has 132 valence electrons. The molecule has 1 fully saturated rings. The Bertz CT molecular complexity index is 506. The van der Waals surface area contributed by atoms with E-state index in [0.717, 1.165) is 37.7 Å². The number of benzene rings is 1. The van der Waals surface area contributed by atoms with Crippen LogP contribution in [0.3, 0.4) is 0 Å². The third-order valence-corrected chi connectivity index (χ3v) is 4.86. The van der Waals surface area contributed by atoms with Gasteiger partial charge in [-0.2, -0.15) is 0 Å². The van der Waals surface area contributed by atoms with Crippen LogP contribution in [0.4, 0.5) is 0 Å². The molecule has 0 amide bonds. The summed E-state index contributed by atoms with van der Waals surface area (Å²) in [5.41, 5.74) is 1.17. The van der Waals surface area contributed by atoms with Crippen LogP contribution in [-0.2, 0) is 16.1 Å². The second-order valence-corrected chi connectivity index (χ2v) is 6.72. The fourth-order valence-corrected chi connectivity index (χ4v) is 3.26. The Morgan fingerprint density at radius 3 is 2.67 bits per heavy atom. The molecule has 0 spiro atoms. The van der Waals surface area contributed by atoms with Gasteiger partial charge in [0.15, 0.2) is 0 Å². The van der Waals surface area contributed by atoms with Crippen molar-refractivity contribution in [1.29, 1.82) is 0 Å². The average molecular weight is 330 g/mol. The van der Waals surface area contributed by atoms with Crippen molar-refractivity contribution in [3.05, 3.63) is 42.0 Å². The first-order valence-corrected chi connectivity index (χ1v) is 9.09. The van der Waals surface area contributed by atoms with Crippen LogP contribution >= 0.6 is 0 Å². The highest BCUT2D eigenvalue weighted by Crippen LogP contribution is 2.31.